The van der Waals surface area contributed by atoms with Gasteiger partial charge in [0.25, 0.3) is 0 Å². The Morgan fingerprint density at radius 1 is 1.20 bits per heavy atom. The molecule has 1 saturated carbocycles. The average molecular weight is 426 g/mol. The Labute approximate surface area is 166 Å². The first-order valence-electron chi connectivity index (χ1n) is 8.89. The number of benzene rings is 1. The van der Waals surface area contributed by atoms with E-state index in [2.05, 4.69) is 26.0 Å². The van der Waals surface area contributed by atoms with Gasteiger partial charge in [0.15, 0.2) is 28.9 Å². The molecular formula is C18H15F5N6O. The second kappa shape index (κ2) is 7.43. The van der Waals surface area contributed by atoms with Crippen LogP contribution in [0.25, 0.3) is 5.65 Å². The van der Waals surface area contributed by atoms with Crippen LogP contribution in [0.15, 0.2) is 18.3 Å². The molecule has 0 bridgehead atoms. The van der Waals surface area contributed by atoms with Gasteiger partial charge in [-0.2, -0.15) is 9.61 Å². The third-order valence-corrected chi connectivity index (χ3v) is 4.65. The Kier molecular flexibility index (Phi) is 4.92. The number of alkyl halides is 1. The Hall–Kier alpha value is -3.44. The van der Waals surface area contributed by atoms with Crippen molar-refractivity contribution in [3.63, 3.8) is 0 Å². The third kappa shape index (κ3) is 3.60. The van der Waals surface area contributed by atoms with Gasteiger partial charge in [0.05, 0.1) is 6.20 Å². The van der Waals surface area contributed by atoms with Crippen molar-refractivity contribution in [1.29, 1.82) is 0 Å². The summed E-state index contributed by atoms with van der Waals surface area (Å²) in [6, 6.07) is 1.39. The van der Waals surface area contributed by atoms with Gasteiger partial charge in [0, 0.05) is 31.5 Å². The number of halogens is 5. The van der Waals surface area contributed by atoms with E-state index >= 15 is 0 Å². The number of nitrogens with zero attached hydrogens (tertiary/aromatic N) is 3. The second-order valence-electron chi connectivity index (χ2n) is 6.80. The maximum Gasteiger partial charge on any atom is 0.224 e. The Morgan fingerprint density at radius 3 is 2.47 bits per heavy atom. The lowest BCUT2D eigenvalue weighted by atomic mass is 10.2. The fourth-order valence-electron chi connectivity index (χ4n) is 2.97. The Bertz CT molecular complexity index is 1120. The van der Waals surface area contributed by atoms with Crippen molar-refractivity contribution in [1.82, 2.24) is 14.6 Å². The molecule has 1 aromatic carbocycles. The molecule has 2 aromatic heterocycles. The number of aromatic nitrogens is 3. The Balaban J connectivity index is 1.69. The minimum Gasteiger partial charge on any atom is -0.373 e. The summed E-state index contributed by atoms with van der Waals surface area (Å²) in [6.45, 7) is 0. The van der Waals surface area contributed by atoms with Crippen molar-refractivity contribution < 1.29 is 26.7 Å². The zero-order valence-electron chi connectivity index (χ0n) is 15.4. The molecule has 0 spiro atoms. The van der Waals surface area contributed by atoms with E-state index < -0.39 is 41.0 Å². The van der Waals surface area contributed by atoms with Crippen LogP contribution in [0.5, 0.6) is 0 Å². The normalized spacial score (nSPS) is 17.8. The number of fused-ring (bicyclic) bond motifs is 1. The molecule has 12 heteroatoms. The predicted molar refractivity (Wildman–Crippen MR) is 98.3 cm³/mol. The van der Waals surface area contributed by atoms with E-state index in [1.807, 2.05) is 0 Å². The van der Waals surface area contributed by atoms with Gasteiger partial charge >= 0.3 is 0 Å². The monoisotopic (exact) mass is 426 g/mol. The van der Waals surface area contributed by atoms with Gasteiger partial charge in [-0.25, -0.2) is 26.9 Å². The molecule has 4 rings (SSSR count). The van der Waals surface area contributed by atoms with Crippen molar-refractivity contribution in [2.24, 2.45) is 5.92 Å². The number of carbonyl (C=O) groups is 1. The fraction of sp³-hybridized carbons (Fsp3) is 0.278. The highest BCUT2D eigenvalue weighted by Crippen LogP contribution is 2.37. The van der Waals surface area contributed by atoms with Crippen LogP contribution in [0, 0.1) is 29.2 Å². The molecule has 2 heterocycles. The predicted octanol–water partition coefficient (Wildman–Crippen LogP) is 3.76. The zero-order chi connectivity index (χ0) is 21.6. The lowest BCUT2D eigenvalue weighted by Gasteiger charge is -2.12. The standard InChI is InChI=1S/C18H15F5N6O/c1-24-13-5-12(27-17-15(22)9(20)4-10(21)16(17)23)28-18-11(6-25-29(13)18)26-14(30)3-7-2-8(7)19/h4-8,24H,2-3H2,1H3,(H,26,30)(H,27,28)/t7-,8-/m0/s1. The number of carbonyl (C=O) groups excluding carboxylic acids is 1. The summed E-state index contributed by atoms with van der Waals surface area (Å²) in [5, 5.41) is 11.6. The highest BCUT2D eigenvalue weighted by atomic mass is 19.2. The van der Waals surface area contributed by atoms with Crippen LogP contribution in [0.4, 0.5) is 45.0 Å². The van der Waals surface area contributed by atoms with Crippen LogP contribution in [-0.2, 0) is 4.79 Å². The molecule has 158 valence electrons. The van der Waals surface area contributed by atoms with Crippen molar-refractivity contribution >= 4 is 34.6 Å². The topological polar surface area (TPSA) is 83.4 Å². The molecule has 1 fully saturated rings. The SMILES string of the molecule is CNc1cc(Nc2c(F)c(F)cc(F)c2F)nc2c(NC(=O)C[C@@H]3C[C@@H]3F)cnn12. The molecular weight excluding hydrogens is 411 g/mol. The van der Waals surface area contributed by atoms with Crippen LogP contribution in [0.2, 0.25) is 0 Å². The van der Waals surface area contributed by atoms with Gasteiger partial charge in [0.1, 0.15) is 29.2 Å². The van der Waals surface area contributed by atoms with Crippen LogP contribution in [0.3, 0.4) is 0 Å². The first-order valence-corrected chi connectivity index (χ1v) is 8.89. The first kappa shape index (κ1) is 19.9. The highest BCUT2D eigenvalue weighted by molar-refractivity contribution is 5.95. The second-order valence-corrected chi connectivity index (χ2v) is 6.80. The minimum absolute atomic E-state index is 0.00563. The molecule has 30 heavy (non-hydrogen) atoms. The quantitative estimate of drug-likeness (QED) is 0.413. The van der Waals surface area contributed by atoms with E-state index in [1.165, 1.54) is 23.8 Å². The molecule has 0 aliphatic heterocycles. The summed E-state index contributed by atoms with van der Waals surface area (Å²) in [4.78, 5) is 16.2. The average Bonchev–Trinajstić information content (AvgIpc) is 3.25. The van der Waals surface area contributed by atoms with Crippen molar-refractivity contribution in [2.45, 2.75) is 19.0 Å². The first-order chi connectivity index (χ1) is 14.3. The maximum atomic E-state index is 14.0. The van der Waals surface area contributed by atoms with Crippen LogP contribution >= 0.6 is 0 Å². The fourth-order valence-corrected chi connectivity index (χ4v) is 2.97. The number of amides is 1. The van der Waals surface area contributed by atoms with Gasteiger partial charge in [-0.1, -0.05) is 0 Å². The van der Waals surface area contributed by atoms with E-state index in [4.69, 9.17) is 0 Å². The minimum atomic E-state index is -1.62. The van der Waals surface area contributed by atoms with E-state index in [0.717, 1.165) is 0 Å². The summed E-state index contributed by atoms with van der Waals surface area (Å²) in [5.41, 5.74) is -0.801. The lowest BCUT2D eigenvalue weighted by molar-refractivity contribution is -0.116. The maximum absolute atomic E-state index is 14.0. The summed E-state index contributed by atoms with van der Waals surface area (Å²) in [6.07, 6.45) is 0.641. The third-order valence-electron chi connectivity index (χ3n) is 4.65. The molecule has 3 N–H and O–H groups in total. The molecule has 0 radical (unpaired) electrons. The largest absolute Gasteiger partial charge is 0.373 e. The highest BCUT2D eigenvalue weighted by Gasteiger charge is 2.38. The smallest absolute Gasteiger partial charge is 0.224 e. The van der Waals surface area contributed by atoms with Crippen LogP contribution < -0.4 is 16.0 Å². The lowest BCUT2D eigenvalue weighted by Crippen LogP contribution is -2.13. The summed E-state index contributed by atoms with van der Waals surface area (Å²) in [7, 11) is 1.54. The van der Waals surface area contributed by atoms with Crippen molar-refractivity contribution in [2.75, 3.05) is 23.0 Å². The van der Waals surface area contributed by atoms with E-state index in [1.54, 1.807) is 0 Å². The number of nitrogens with one attached hydrogen (secondary N) is 3. The van der Waals surface area contributed by atoms with E-state index in [9.17, 15) is 26.7 Å². The van der Waals surface area contributed by atoms with Gasteiger partial charge in [-0.3, -0.25) is 4.79 Å². The van der Waals surface area contributed by atoms with E-state index in [0.29, 0.717) is 12.2 Å². The molecule has 1 aliphatic rings. The Morgan fingerprint density at radius 2 is 1.87 bits per heavy atom. The molecule has 3 aromatic rings. The number of rotatable bonds is 6. The van der Waals surface area contributed by atoms with Crippen LogP contribution in [-0.4, -0.2) is 33.7 Å². The zero-order valence-corrected chi connectivity index (χ0v) is 15.4. The van der Waals surface area contributed by atoms with Gasteiger partial charge in [0.2, 0.25) is 5.91 Å². The summed E-state index contributed by atoms with van der Waals surface area (Å²) in [5.74, 6) is -7.01. The molecule has 0 unspecified atom stereocenters. The molecule has 7 nitrogen and oxygen atoms in total. The summed E-state index contributed by atoms with van der Waals surface area (Å²) < 4.78 is 69.2. The van der Waals surface area contributed by atoms with Gasteiger partial charge in [-0.05, 0) is 6.42 Å². The van der Waals surface area contributed by atoms with Crippen molar-refractivity contribution in [3.8, 4) is 0 Å². The molecule has 1 amide bonds. The van der Waals surface area contributed by atoms with Crippen molar-refractivity contribution in [3.05, 3.63) is 41.6 Å². The van der Waals surface area contributed by atoms with Crippen LogP contribution in [0.1, 0.15) is 12.8 Å². The number of hydrogen-bond acceptors (Lipinski definition) is 5. The summed E-state index contributed by atoms with van der Waals surface area (Å²) >= 11 is 0. The molecule has 2 atom stereocenters. The van der Waals surface area contributed by atoms with Gasteiger partial charge in [-0.15, -0.1) is 0 Å². The van der Waals surface area contributed by atoms with Gasteiger partial charge < -0.3 is 16.0 Å². The van der Waals surface area contributed by atoms with E-state index in [-0.39, 0.29) is 35.6 Å². The number of hydrogen-bond donors (Lipinski definition) is 3. The number of anilines is 4. The molecule has 0 saturated heterocycles. The molecule has 1 aliphatic carbocycles.